The molecule has 0 saturated heterocycles. The normalized spacial score (nSPS) is 10.7. The van der Waals surface area contributed by atoms with Gasteiger partial charge in [0.25, 0.3) is 0 Å². The van der Waals surface area contributed by atoms with Crippen LogP contribution in [-0.4, -0.2) is 47.9 Å². The van der Waals surface area contributed by atoms with Crippen LogP contribution in [0.2, 0.25) is 0 Å². The number of hydrogen-bond donors (Lipinski definition) is 0. The first-order valence-corrected chi connectivity index (χ1v) is 7.33. The highest BCUT2D eigenvalue weighted by Crippen LogP contribution is 2.32. The van der Waals surface area contributed by atoms with Crippen LogP contribution in [0.4, 0.5) is 0 Å². The summed E-state index contributed by atoms with van der Waals surface area (Å²) in [4.78, 5) is 23.7. The van der Waals surface area contributed by atoms with Crippen molar-refractivity contribution in [2.24, 2.45) is 0 Å². The minimum absolute atomic E-state index is 0.0168. The van der Waals surface area contributed by atoms with Gasteiger partial charge in [0.15, 0.2) is 5.75 Å². The molecule has 0 saturated carbocycles. The van der Waals surface area contributed by atoms with Crippen LogP contribution in [0.3, 0.4) is 0 Å². The lowest BCUT2D eigenvalue weighted by Gasteiger charge is -2.14. The molecule has 116 valence electrons. The first-order valence-electron chi connectivity index (χ1n) is 5.52. The number of carbonyl (C=O) groups is 2. The lowest BCUT2D eigenvalue weighted by molar-refractivity contribution is 0.0550. The fraction of sp³-hybridized carbons (Fsp3) is 0.333. The van der Waals surface area contributed by atoms with E-state index in [4.69, 9.17) is 8.92 Å². The van der Waals surface area contributed by atoms with Gasteiger partial charge < -0.3 is 18.4 Å². The Morgan fingerprint density at radius 1 is 0.905 bits per heavy atom. The maximum Gasteiger partial charge on any atom is 0.342 e. The number of benzene rings is 1. The molecule has 0 heterocycles. The molecule has 0 aliphatic carbocycles. The molecular formula is C12H14O8S. The molecule has 0 aliphatic heterocycles. The van der Waals surface area contributed by atoms with E-state index >= 15 is 0 Å². The highest BCUT2D eigenvalue weighted by Gasteiger charge is 2.29. The number of methoxy groups -OCH3 is 3. The van der Waals surface area contributed by atoms with E-state index in [2.05, 4.69) is 9.47 Å². The Hall–Kier alpha value is -2.29. The first-order chi connectivity index (χ1) is 9.75. The van der Waals surface area contributed by atoms with Crippen molar-refractivity contribution in [1.82, 2.24) is 0 Å². The van der Waals surface area contributed by atoms with Gasteiger partial charge in [-0.05, 0) is 12.1 Å². The van der Waals surface area contributed by atoms with Crippen LogP contribution in [-0.2, 0) is 19.6 Å². The minimum atomic E-state index is -3.91. The first kappa shape index (κ1) is 16.8. The SMILES string of the molecule is COC(=O)c1c(OC)ccc(OS(C)(=O)=O)c1C(=O)OC. The number of rotatable bonds is 5. The molecule has 0 aliphatic rings. The quantitative estimate of drug-likeness (QED) is 0.574. The summed E-state index contributed by atoms with van der Waals surface area (Å²) in [5.41, 5.74) is -0.679. The van der Waals surface area contributed by atoms with Gasteiger partial charge in [-0.15, -0.1) is 0 Å². The third-order valence-electron chi connectivity index (χ3n) is 2.37. The van der Waals surface area contributed by atoms with E-state index in [-0.39, 0.29) is 17.1 Å². The standard InChI is InChI=1S/C12H14O8S/c1-17-7-5-6-8(20-21(4,15)16)10(12(14)19-3)9(7)11(13)18-2/h5-6H,1-4H3. The average molecular weight is 318 g/mol. The van der Waals surface area contributed by atoms with Gasteiger partial charge in [-0.25, -0.2) is 9.59 Å². The van der Waals surface area contributed by atoms with Crippen molar-refractivity contribution < 1.29 is 36.4 Å². The second-order valence-corrected chi connectivity index (χ2v) is 5.36. The van der Waals surface area contributed by atoms with Gasteiger partial charge in [-0.3, -0.25) is 0 Å². The highest BCUT2D eigenvalue weighted by molar-refractivity contribution is 7.86. The molecule has 0 aromatic heterocycles. The maximum absolute atomic E-state index is 11.9. The molecular weight excluding hydrogens is 304 g/mol. The lowest BCUT2D eigenvalue weighted by atomic mass is 10.1. The Kier molecular flexibility index (Phi) is 5.14. The summed E-state index contributed by atoms with van der Waals surface area (Å²) in [7, 11) is -0.453. The van der Waals surface area contributed by atoms with Crippen molar-refractivity contribution in [3.8, 4) is 11.5 Å². The Morgan fingerprint density at radius 2 is 1.33 bits per heavy atom. The predicted octanol–water partition coefficient (Wildman–Crippen LogP) is 0.607. The molecule has 0 radical (unpaired) electrons. The van der Waals surface area contributed by atoms with E-state index in [1.54, 1.807) is 0 Å². The topological polar surface area (TPSA) is 105 Å². The number of hydrogen-bond acceptors (Lipinski definition) is 8. The lowest BCUT2D eigenvalue weighted by Crippen LogP contribution is -2.17. The van der Waals surface area contributed by atoms with Crippen LogP contribution in [0.15, 0.2) is 12.1 Å². The zero-order valence-corrected chi connectivity index (χ0v) is 12.6. The van der Waals surface area contributed by atoms with Crippen LogP contribution in [0, 0.1) is 0 Å². The zero-order chi connectivity index (χ0) is 16.2. The summed E-state index contributed by atoms with van der Waals surface area (Å²) in [6.07, 6.45) is 0.802. The van der Waals surface area contributed by atoms with Crippen LogP contribution in [0.1, 0.15) is 20.7 Å². The van der Waals surface area contributed by atoms with Crippen molar-refractivity contribution in [3.05, 3.63) is 23.3 Å². The second kappa shape index (κ2) is 6.44. The summed E-state index contributed by atoms with van der Waals surface area (Å²) in [6.45, 7) is 0. The van der Waals surface area contributed by atoms with Gasteiger partial charge in [0.2, 0.25) is 0 Å². The summed E-state index contributed by atoms with van der Waals surface area (Å²) < 4.78 is 41.3. The van der Waals surface area contributed by atoms with Gasteiger partial charge in [0.1, 0.15) is 16.9 Å². The van der Waals surface area contributed by atoms with Crippen molar-refractivity contribution >= 4 is 22.1 Å². The van der Waals surface area contributed by atoms with E-state index in [9.17, 15) is 18.0 Å². The second-order valence-electron chi connectivity index (χ2n) is 3.79. The molecule has 0 unspecified atom stereocenters. The largest absolute Gasteiger partial charge is 0.496 e. The molecule has 1 aromatic carbocycles. The van der Waals surface area contributed by atoms with Crippen molar-refractivity contribution in [2.75, 3.05) is 27.6 Å². The Labute approximate surface area is 121 Å². The average Bonchev–Trinajstić information content (AvgIpc) is 2.43. The van der Waals surface area contributed by atoms with Crippen LogP contribution >= 0.6 is 0 Å². The van der Waals surface area contributed by atoms with Crippen molar-refractivity contribution in [3.63, 3.8) is 0 Å². The van der Waals surface area contributed by atoms with E-state index in [1.165, 1.54) is 19.2 Å². The minimum Gasteiger partial charge on any atom is -0.496 e. The third-order valence-corrected chi connectivity index (χ3v) is 2.85. The molecule has 0 bridgehead atoms. The molecule has 21 heavy (non-hydrogen) atoms. The molecule has 0 amide bonds. The van der Waals surface area contributed by atoms with Crippen LogP contribution in [0.5, 0.6) is 11.5 Å². The highest BCUT2D eigenvalue weighted by atomic mass is 32.2. The fourth-order valence-electron chi connectivity index (χ4n) is 1.58. The summed E-state index contributed by atoms with van der Waals surface area (Å²) in [6, 6.07) is 2.46. The van der Waals surface area contributed by atoms with Crippen molar-refractivity contribution in [1.29, 1.82) is 0 Å². The molecule has 9 heteroatoms. The van der Waals surface area contributed by atoms with Crippen LogP contribution < -0.4 is 8.92 Å². The van der Waals surface area contributed by atoms with Crippen molar-refractivity contribution in [2.45, 2.75) is 0 Å². The summed E-state index contributed by atoms with van der Waals surface area (Å²) in [5, 5.41) is 0. The monoisotopic (exact) mass is 318 g/mol. The summed E-state index contributed by atoms with van der Waals surface area (Å²) in [5.74, 6) is -2.20. The number of esters is 2. The molecule has 0 N–H and O–H groups in total. The Bertz CT molecular complexity index is 662. The molecule has 1 rings (SSSR count). The van der Waals surface area contributed by atoms with Gasteiger partial charge in [0.05, 0.1) is 27.6 Å². The Balaban J connectivity index is 3.67. The van der Waals surface area contributed by atoms with Gasteiger partial charge in [0, 0.05) is 0 Å². The van der Waals surface area contributed by atoms with E-state index in [1.807, 2.05) is 0 Å². The third kappa shape index (κ3) is 3.85. The molecule has 0 spiro atoms. The van der Waals surface area contributed by atoms with E-state index in [0.717, 1.165) is 20.5 Å². The predicted molar refractivity (Wildman–Crippen MR) is 71.1 cm³/mol. The molecule has 1 aromatic rings. The van der Waals surface area contributed by atoms with E-state index < -0.39 is 27.6 Å². The molecule has 8 nitrogen and oxygen atoms in total. The smallest absolute Gasteiger partial charge is 0.342 e. The van der Waals surface area contributed by atoms with Crippen LogP contribution in [0.25, 0.3) is 0 Å². The molecule has 0 fully saturated rings. The maximum atomic E-state index is 11.9. The number of ether oxygens (including phenoxy) is 3. The van der Waals surface area contributed by atoms with Gasteiger partial charge in [-0.1, -0.05) is 0 Å². The fourth-order valence-corrected chi connectivity index (χ4v) is 2.04. The van der Waals surface area contributed by atoms with Gasteiger partial charge >= 0.3 is 22.1 Å². The van der Waals surface area contributed by atoms with E-state index in [0.29, 0.717) is 0 Å². The number of carbonyl (C=O) groups excluding carboxylic acids is 2. The Morgan fingerprint density at radius 3 is 1.71 bits per heavy atom. The summed E-state index contributed by atoms with van der Waals surface area (Å²) >= 11 is 0. The molecule has 0 atom stereocenters. The van der Waals surface area contributed by atoms with Gasteiger partial charge in [-0.2, -0.15) is 8.42 Å². The zero-order valence-electron chi connectivity index (χ0n) is 11.8.